The van der Waals surface area contributed by atoms with Gasteiger partial charge in [0.25, 0.3) is 0 Å². The normalized spacial score (nSPS) is 21.2. The largest absolute Gasteiger partial charge is 0.396 e. The summed E-state index contributed by atoms with van der Waals surface area (Å²) in [7, 11) is 0. The highest BCUT2D eigenvalue weighted by molar-refractivity contribution is 5.37. The Morgan fingerprint density at radius 1 is 1.21 bits per heavy atom. The van der Waals surface area contributed by atoms with Crippen molar-refractivity contribution >= 4 is 5.82 Å². The molecule has 0 aliphatic carbocycles. The minimum absolute atomic E-state index is 0.106. The standard InChI is InChI=1S/C18H21N5O/c19-10-16-6-7-18(22-21-16)20-17-12-23(9-8-15(17)13-24)11-14-4-2-1-3-5-14/h1-7,15,17,24H,8-9,11-13H2,(H,20,22). The molecule has 2 heterocycles. The van der Waals surface area contributed by atoms with Gasteiger partial charge in [-0.05, 0) is 30.7 Å². The summed E-state index contributed by atoms with van der Waals surface area (Å²) in [5, 5.41) is 29.7. The summed E-state index contributed by atoms with van der Waals surface area (Å²) in [5.41, 5.74) is 1.59. The van der Waals surface area contributed by atoms with Crippen molar-refractivity contribution in [3.8, 4) is 6.07 Å². The number of nitrogens with one attached hydrogen (secondary N) is 1. The Morgan fingerprint density at radius 2 is 2.04 bits per heavy atom. The average Bonchev–Trinajstić information content (AvgIpc) is 2.63. The quantitative estimate of drug-likeness (QED) is 0.870. The van der Waals surface area contributed by atoms with E-state index in [0.29, 0.717) is 11.5 Å². The maximum Gasteiger partial charge on any atom is 0.163 e. The summed E-state index contributed by atoms with van der Waals surface area (Å²) in [6, 6.07) is 15.9. The molecule has 6 nitrogen and oxygen atoms in total. The molecule has 1 fully saturated rings. The van der Waals surface area contributed by atoms with Gasteiger partial charge in [-0.15, -0.1) is 10.2 Å². The predicted octanol–water partition coefficient (Wildman–Crippen LogP) is 1.64. The van der Waals surface area contributed by atoms with Crippen LogP contribution in [0.5, 0.6) is 0 Å². The Balaban J connectivity index is 1.65. The lowest BCUT2D eigenvalue weighted by Crippen LogP contribution is -2.48. The van der Waals surface area contributed by atoms with Crippen LogP contribution in [-0.2, 0) is 6.54 Å². The number of nitrogens with zero attached hydrogens (tertiary/aromatic N) is 4. The number of piperidine rings is 1. The van der Waals surface area contributed by atoms with Crippen LogP contribution in [0.2, 0.25) is 0 Å². The number of aliphatic hydroxyl groups excluding tert-OH is 1. The molecule has 2 aromatic rings. The van der Waals surface area contributed by atoms with Gasteiger partial charge in [-0.3, -0.25) is 4.90 Å². The minimum atomic E-state index is 0.106. The Hall–Kier alpha value is -2.49. The van der Waals surface area contributed by atoms with E-state index in [-0.39, 0.29) is 18.6 Å². The Morgan fingerprint density at radius 3 is 2.71 bits per heavy atom. The van der Waals surface area contributed by atoms with Crippen LogP contribution < -0.4 is 5.32 Å². The van der Waals surface area contributed by atoms with E-state index in [4.69, 9.17) is 5.26 Å². The van der Waals surface area contributed by atoms with Crippen LogP contribution >= 0.6 is 0 Å². The summed E-state index contributed by atoms with van der Waals surface area (Å²) >= 11 is 0. The highest BCUT2D eigenvalue weighted by Crippen LogP contribution is 2.22. The molecule has 1 aromatic carbocycles. The number of likely N-dealkylation sites (tertiary alicyclic amines) is 1. The molecule has 1 aliphatic rings. The predicted molar refractivity (Wildman–Crippen MR) is 91.1 cm³/mol. The zero-order valence-electron chi connectivity index (χ0n) is 13.5. The molecule has 2 unspecified atom stereocenters. The van der Waals surface area contributed by atoms with Crippen LogP contribution in [0, 0.1) is 17.2 Å². The second-order valence-corrected chi connectivity index (χ2v) is 6.12. The van der Waals surface area contributed by atoms with E-state index < -0.39 is 0 Å². The van der Waals surface area contributed by atoms with Gasteiger partial charge in [0, 0.05) is 31.7 Å². The molecule has 2 atom stereocenters. The van der Waals surface area contributed by atoms with Crippen molar-refractivity contribution in [1.82, 2.24) is 15.1 Å². The number of benzene rings is 1. The van der Waals surface area contributed by atoms with Gasteiger partial charge in [-0.1, -0.05) is 30.3 Å². The highest BCUT2D eigenvalue weighted by Gasteiger charge is 2.29. The van der Waals surface area contributed by atoms with E-state index in [1.165, 1.54) is 5.56 Å². The average molecular weight is 323 g/mol. The maximum atomic E-state index is 9.66. The number of nitriles is 1. The van der Waals surface area contributed by atoms with Gasteiger partial charge in [0.2, 0.25) is 0 Å². The molecule has 0 spiro atoms. The van der Waals surface area contributed by atoms with Gasteiger partial charge in [0.1, 0.15) is 11.9 Å². The lowest BCUT2D eigenvalue weighted by atomic mass is 9.92. The zero-order valence-corrected chi connectivity index (χ0v) is 13.5. The number of rotatable bonds is 5. The molecule has 1 saturated heterocycles. The van der Waals surface area contributed by atoms with E-state index in [9.17, 15) is 5.11 Å². The van der Waals surface area contributed by atoms with Crippen molar-refractivity contribution in [2.75, 3.05) is 25.0 Å². The van der Waals surface area contributed by atoms with E-state index in [0.717, 1.165) is 26.1 Å². The third kappa shape index (κ3) is 4.07. The summed E-state index contributed by atoms with van der Waals surface area (Å²) in [6.07, 6.45) is 0.935. The topological polar surface area (TPSA) is 85.1 Å². The minimum Gasteiger partial charge on any atom is -0.396 e. The van der Waals surface area contributed by atoms with Gasteiger partial charge < -0.3 is 10.4 Å². The Labute approximate surface area is 141 Å². The van der Waals surface area contributed by atoms with Crippen molar-refractivity contribution in [2.24, 2.45) is 5.92 Å². The first-order valence-electron chi connectivity index (χ1n) is 8.16. The number of aliphatic hydroxyl groups is 1. The molecule has 6 heteroatoms. The Kier molecular flexibility index (Phi) is 5.36. The molecule has 24 heavy (non-hydrogen) atoms. The van der Waals surface area contributed by atoms with E-state index in [1.807, 2.05) is 12.1 Å². The van der Waals surface area contributed by atoms with Crippen LogP contribution in [0.4, 0.5) is 5.82 Å². The molecule has 0 saturated carbocycles. The number of hydrogen-bond acceptors (Lipinski definition) is 6. The zero-order chi connectivity index (χ0) is 16.8. The van der Waals surface area contributed by atoms with Crippen LogP contribution in [0.1, 0.15) is 17.7 Å². The third-order valence-corrected chi connectivity index (χ3v) is 4.44. The summed E-state index contributed by atoms with van der Waals surface area (Å²) in [5.74, 6) is 0.827. The second-order valence-electron chi connectivity index (χ2n) is 6.12. The van der Waals surface area contributed by atoms with E-state index >= 15 is 0 Å². The lowest BCUT2D eigenvalue weighted by Gasteiger charge is -2.38. The molecule has 0 amide bonds. The summed E-state index contributed by atoms with van der Waals surface area (Å²) in [6.45, 7) is 2.86. The number of aromatic nitrogens is 2. The summed E-state index contributed by atoms with van der Waals surface area (Å²) in [4.78, 5) is 2.39. The molecule has 2 N–H and O–H groups in total. The summed E-state index contributed by atoms with van der Waals surface area (Å²) < 4.78 is 0. The van der Waals surface area contributed by atoms with Crippen LogP contribution in [0.3, 0.4) is 0 Å². The Bertz CT molecular complexity index is 683. The monoisotopic (exact) mass is 323 g/mol. The molecule has 0 radical (unpaired) electrons. The van der Waals surface area contributed by atoms with E-state index in [1.54, 1.807) is 12.1 Å². The van der Waals surface area contributed by atoms with Crippen molar-refractivity contribution in [3.05, 3.63) is 53.7 Å². The third-order valence-electron chi connectivity index (χ3n) is 4.44. The molecule has 1 aromatic heterocycles. The molecular formula is C18H21N5O. The SMILES string of the molecule is N#Cc1ccc(NC2CN(Cc3ccccc3)CCC2CO)nn1. The van der Waals surface area contributed by atoms with Crippen molar-refractivity contribution < 1.29 is 5.11 Å². The second kappa shape index (κ2) is 7.86. The van der Waals surface area contributed by atoms with Crippen molar-refractivity contribution in [3.63, 3.8) is 0 Å². The number of anilines is 1. The van der Waals surface area contributed by atoms with Crippen LogP contribution in [0.15, 0.2) is 42.5 Å². The van der Waals surface area contributed by atoms with Gasteiger partial charge in [-0.25, -0.2) is 0 Å². The van der Waals surface area contributed by atoms with Crippen molar-refractivity contribution in [1.29, 1.82) is 5.26 Å². The van der Waals surface area contributed by atoms with Gasteiger partial charge in [0.05, 0.1) is 0 Å². The smallest absolute Gasteiger partial charge is 0.163 e. The lowest BCUT2D eigenvalue weighted by molar-refractivity contribution is 0.114. The van der Waals surface area contributed by atoms with E-state index in [2.05, 4.69) is 44.7 Å². The molecule has 124 valence electrons. The van der Waals surface area contributed by atoms with Gasteiger partial charge >= 0.3 is 0 Å². The maximum absolute atomic E-state index is 9.66. The first-order valence-corrected chi connectivity index (χ1v) is 8.16. The fourth-order valence-corrected chi connectivity index (χ4v) is 3.09. The fraction of sp³-hybridized carbons (Fsp3) is 0.389. The molecule has 1 aliphatic heterocycles. The first-order chi connectivity index (χ1) is 11.8. The number of hydrogen-bond donors (Lipinski definition) is 2. The highest BCUT2D eigenvalue weighted by atomic mass is 16.3. The molecule has 0 bridgehead atoms. The van der Waals surface area contributed by atoms with Gasteiger partial charge in [0.15, 0.2) is 5.69 Å². The first kappa shape index (κ1) is 16.4. The fourth-order valence-electron chi connectivity index (χ4n) is 3.09. The van der Waals surface area contributed by atoms with Crippen LogP contribution in [-0.4, -0.2) is 45.9 Å². The molecular weight excluding hydrogens is 302 g/mol. The van der Waals surface area contributed by atoms with Crippen LogP contribution in [0.25, 0.3) is 0 Å². The molecule has 3 rings (SSSR count). The van der Waals surface area contributed by atoms with Gasteiger partial charge in [-0.2, -0.15) is 5.26 Å². The van der Waals surface area contributed by atoms with Crippen molar-refractivity contribution in [2.45, 2.75) is 19.0 Å².